The van der Waals surface area contributed by atoms with Crippen molar-refractivity contribution in [3.8, 4) is 0 Å². The van der Waals surface area contributed by atoms with Crippen molar-refractivity contribution in [3.63, 3.8) is 0 Å². The van der Waals surface area contributed by atoms with Crippen LogP contribution in [0.1, 0.15) is 31.2 Å². The van der Waals surface area contributed by atoms with Gasteiger partial charge >= 0.3 is 0 Å². The highest BCUT2D eigenvalue weighted by Gasteiger charge is 2.48. The van der Waals surface area contributed by atoms with Gasteiger partial charge in [0.25, 0.3) is 5.91 Å². The highest BCUT2D eigenvalue weighted by molar-refractivity contribution is 6.61. The normalized spacial score (nSPS) is 21.2. The molecule has 5 heteroatoms. The van der Waals surface area contributed by atoms with Crippen LogP contribution in [-0.2, 0) is 11.3 Å². The fraction of sp³-hybridized carbons (Fsp3) is 0.429. The standard InChI is InChI=1S/C14H14B2N2O/c15-11-5-3-10(4-6-11)9-18-12(19)14(17-13(18)16)7-1-2-8-14/h3-6H,1-2,7-9H2. The molecule has 1 spiro atoms. The molecule has 1 heterocycles. The number of carbonyl (C=O) groups excluding carboxylic acids is 1. The van der Waals surface area contributed by atoms with Crippen molar-refractivity contribution in [1.82, 2.24) is 4.90 Å². The lowest BCUT2D eigenvalue weighted by atomic mass is 9.95. The quantitative estimate of drug-likeness (QED) is 0.707. The molecular weight excluding hydrogens is 234 g/mol. The van der Waals surface area contributed by atoms with Crippen molar-refractivity contribution in [3.05, 3.63) is 29.8 Å². The van der Waals surface area contributed by atoms with E-state index in [1.54, 1.807) is 4.90 Å². The number of carbonyl (C=O) groups is 1. The smallest absolute Gasteiger partial charge is 0.255 e. The molecule has 0 atom stereocenters. The van der Waals surface area contributed by atoms with E-state index in [0.717, 1.165) is 31.2 Å². The van der Waals surface area contributed by atoms with Crippen LogP contribution in [0.25, 0.3) is 0 Å². The van der Waals surface area contributed by atoms with Gasteiger partial charge in [-0.05, 0) is 18.4 Å². The molecule has 1 saturated carbocycles. The van der Waals surface area contributed by atoms with Crippen LogP contribution >= 0.6 is 0 Å². The molecule has 1 fully saturated rings. The fourth-order valence-electron chi connectivity index (χ4n) is 2.93. The maximum absolute atomic E-state index is 12.5. The molecule has 1 amide bonds. The summed E-state index contributed by atoms with van der Waals surface area (Å²) in [7, 11) is 11.6. The highest BCUT2D eigenvalue weighted by Crippen LogP contribution is 2.38. The largest absolute Gasteiger partial charge is 0.304 e. The van der Waals surface area contributed by atoms with Crippen molar-refractivity contribution >= 4 is 32.8 Å². The zero-order chi connectivity index (χ0) is 13.5. The molecule has 0 bridgehead atoms. The van der Waals surface area contributed by atoms with Crippen LogP contribution in [0.15, 0.2) is 29.3 Å². The second kappa shape index (κ2) is 4.55. The molecule has 4 radical (unpaired) electrons. The number of amides is 1. The Hall–Kier alpha value is -1.51. The van der Waals surface area contributed by atoms with Crippen molar-refractivity contribution < 1.29 is 4.79 Å². The van der Waals surface area contributed by atoms with E-state index in [0.29, 0.717) is 17.7 Å². The Bertz CT molecular complexity index is 533. The van der Waals surface area contributed by atoms with E-state index >= 15 is 0 Å². The first kappa shape index (κ1) is 12.5. The summed E-state index contributed by atoms with van der Waals surface area (Å²) >= 11 is 0. The third-order valence-corrected chi connectivity index (χ3v) is 4.00. The number of aliphatic imine (C=N–C) groups is 1. The van der Waals surface area contributed by atoms with E-state index in [9.17, 15) is 4.79 Å². The predicted octanol–water partition coefficient (Wildman–Crippen LogP) is 0.660. The summed E-state index contributed by atoms with van der Waals surface area (Å²) in [5.74, 6) is 0.0549. The molecule has 3 nitrogen and oxygen atoms in total. The maximum atomic E-state index is 12.5. The van der Waals surface area contributed by atoms with Gasteiger partial charge in [-0.2, -0.15) is 0 Å². The van der Waals surface area contributed by atoms with Gasteiger partial charge in [-0.1, -0.05) is 42.6 Å². The summed E-state index contributed by atoms with van der Waals surface area (Å²) in [6, 6.07) is 7.48. The first-order chi connectivity index (χ1) is 9.11. The first-order valence-corrected chi connectivity index (χ1v) is 6.62. The zero-order valence-electron chi connectivity index (χ0n) is 10.8. The van der Waals surface area contributed by atoms with Gasteiger partial charge in [-0.25, -0.2) is 0 Å². The number of nitrogens with zero attached hydrogens (tertiary/aromatic N) is 2. The Labute approximate surface area is 115 Å². The van der Waals surface area contributed by atoms with Crippen LogP contribution in [0.4, 0.5) is 0 Å². The SMILES string of the molecule is [B]C1=NC2(CCCC2)C(=O)N1Cc1ccc([B])cc1. The molecular formula is C14H14B2N2O. The van der Waals surface area contributed by atoms with Crippen LogP contribution in [0, 0.1) is 0 Å². The van der Waals surface area contributed by atoms with Gasteiger partial charge in [0, 0.05) is 5.73 Å². The summed E-state index contributed by atoms with van der Waals surface area (Å²) in [6.07, 6.45) is 3.76. The number of hydrogen-bond acceptors (Lipinski definition) is 2. The second-order valence-electron chi connectivity index (χ2n) is 5.34. The van der Waals surface area contributed by atoms with Gasteiger partial charge in [0.15, 0.2) is 7.85 Å². The minimum Gasteiger partial charge on any atom is -0.304 e. The van der Waals surface area contributed by atoms with E-state index in [1.165, 1.54) is 0 Å². The molecule has 92 valence electrons. The maximum Gasteiger partial charge on any atom is 0.255 e. The Morgan fingerprint density at radius 3 is 2.42 bits per heavy atom. The molecule has 0 unspecified atom stereocenters. The zero-order valence-corrected chi connectivity index (χ0v) is 10.8. The van der Waals surface area contributed by atoms with E-state index in [4.69, 9.17) is 15.7 Å². The van der Waals surface area contributed by atoms with Crippen molar-refractivity contribution in [1.29, 1.82) is 0 Å². The van der Waals surface area contributed by atoms with Crippen LogP contribution in [0.2, 0.25) is 0 Å². The van der Waals surface area contributed by atoms with Gasteiger partial charge in [-0.3, -0.25) is 9.79 Å². The Morgan fingerprint density at radius 2 is 1.79 bits per heavy atom. The molecule has 1 aromatic rings. The molecule has 1 aliphatic heterocycles. The van der Waals surface area contributed by atoms with Crippen LogP contribution < -0.4 is 5.46 Å². The third kappa shape index (κ3) is 2.11. The number of rotatable bonds is 2. The minimum absolute atomic E-state index is 0.0549. The molecule has 3 rings (SSSR count). The Kier molecular flexibility index (Phi) is 3.00. The van der Waals surface area contributed by atoms with Crippen LogP contribution in [0.3, 0.4) is 0 Å². The van der Waals surface area contributed by atoms with Gasteiger partial charge < -0.3 is 4.90 Å². The topological polar surface area (TPSA) is 32.7 Å². The summed E-state index contributed by atoms with van der Waals surface area (Å²) in [5.41, 5.74) is 1.52. The molecule has 19 heavy (non-hydrogen) atoms. The molecule has 2 aliphatic rings. The van der Waals surface area contributed by atoms with Crippen molar-refractivity contribution in [2.75, 3.05) is 0 Å². The number of benzene rings is 1. The van der Waals surface area contributed by atoms with E-state index in [-0.39, 0.29) is 5.91 Å². The van der Waals surface area contributed by atoms with Crippen molar-refractivity contribution in [2.24, 2.45) is 4.99 Å². The summed E-state index contributed by atoms with van der Waals surface area (Å²) in [5, 5.41) is 0. The monoisotopic (exact) mass is 248 g/mol. The van der Waals surface area contributed by atoms with Crippen LogP contribution in [0.5, 0.6) is 0 Å². The van der Waals surface area contributed by atoms with Crippen molar-refractivity contribution in [2.45, 2.75) is 37.8 Å². The number of hydrogen-bond donors (Lipinski definition) is 0. The first-order valence-electron chi connectivity index (χ1n) is 6.62. The van der Waals surface area contributed by atoms with Crippen LogP contribution in [-0.4, -0.2) is 37.8 Å². The lowest BCUT2D eigenvalue weighted by Gasteiger charge is -2.22. The van der Waals surface area contributed by atoms with E-state index < -0.39 is 5.54 Å². The highest BCUT2D eigenvalue weighted by atomic mass is 16.2. The Balaban J connectivity index is 1.81. The number of amidine groups is 1. The summed E-state index contributed by atoms with van der Waals surface area (Å²) in [6.45, 7) is 0.468. The Morgan fingerprint density at radius 1 is 1.16 bits per heavy atom. The van der Waals surface area contributed by atoms with E-state index in [2.05, 4.69) is 4.99 Å². The summed E-state index contributed by atoms with van der Waals surface area (Å²) in [4.78, 5) is 18.6. The molecule has 0 N–H and O–H groups in total. The third-order valence-electron chi connectivity index (χ3n) is 4.00. The van der Waals surface area contributed by atoms with Gasteiger partial charge in [0.05, 0.1) is 6.54 Å². The second-order valence-corrected chi connectivity index (χ2v) is 5.34. The van der Waals surface area contributed by atoms with Gasteiger partial charge in [0.1, 0.15) is 13.4 Å². The fourth-order valence-corrected chi connectivity index (χ4v) is 2.93. The molecule has 0 saturated heterocycles. The lowest BCUT2D eigenvalue weighted by molar-refractivity contribution is -0.131. The molecule has 0 aromatic heterocycles. The predicted molar refractivity (Wildman–Crippen MR) is 76.8 cm³/mol. The summed E-state index contributed by atoms with van der Waals surface area (Å²) < 4.78 is 0. The molecule has 1 aliphatic carbocycles. The van der Waals surface area contributed by atoms with E-state index in [1.807, 2.05) is 24.3 Å². The van der Waals surface area contributed by atoms with Gasteiger partial charge in [0.2, 0.25) is 0 Å². The lowest BCUT2D eigenvalue weighted by Crippen LogP contribution is -2.40. The molecule has 1 aromatic carbocycles. The van der Waals surface area contributed by atoms with Gasteiger partial charge in [-0.15, -0.1) is 0 Å². The average molecular weight is 248 g/mol. The average Bonchev–Trinajstić information content (AvgIpc) is 2.94. The minimum atomic E-state index is -0.558.